The summed E-state index contributed by atoms with van der Waals surface area (Å²) in [5.74, 6) is 0. The number of hydrogen-bond donors (Lipinski definition) is 0. The summed E-state index contributed by atoms with van der Waals surface area (Å²) in [6.07, 6.45) is 7.30. The van der Waals surface area contributed by atoms with Crippen molar-refractivity contribution in [3.05, 3.63) is 11.9 Å². The second kappa shape index (κ2) is 2.64. The normalized spacial score (nSPS) is 17.5. The molecule has 0 fully saturated rings. The fourth-order valence-electron chi connectivity index (χ4n) is 1.66. The Bertz CT molecular complexity index is 228. The van der Waals surface area contributed by atoms with Crippen molar-refractivity contribution in [2.75, 3.05) is 0 Å². The standard InChI is InChI=1S/C8H14N3/c1-10-7-8-5-3-2-4-6-11(8)9-10/h7H,2-6H2,1H3/q+1. The minimum absolute atomic E-state index is 1.11. The maximum atomic E-state index is 4.34. The summed E-state index contributed by atoms with van der Waals surface area (Å²) in [5, 5.41) is 4.34. The summed E-state index contributed by atoms with van der Waals surface area (Å²) >= 11 is 0. The van der Waals surface area contributed by atoms with Crippen molar-refractivity contribution in [3.63, 3.8) is 0 Å². The highest BCUT2D eigenvalue weighted by Crippen LogP contribution is 2.06. The van der Waals surface area contributed by atoms with Crippen LogP contribution in [0.3, 0.4) is 0 Å². The van der Waals surface area contributed by atoms with Crippen molar-refractivity contribution < 1.29 is 4.68 Å². The van der Waals surface area contributed by atoms with E-state index in [2.05, 4.69) is 16.1 Å². The molecule has 0 bridgehead atoms. The van der Waals surface area contributed by atoms with Gasteiger partial charge in [0.1, 0.15) is 13.6 Å². The Labute approximate surface area is 66.6 Å². The number of rotatable bonds is 0. The molecule has 0 unspecified atom stereocenters. The minimum Gasteiger partial charge on any atom is -0.140 e. The molecular weight excluding hydrogens is 138 g/mol. The van der Waals surface area contributed by atoms with Crippen LogP contribution in [0.2, 0.25) is 0 Å². The van der Waals surface area contributed by atoms with Crippen LogP contribution in [0, 0.1) is 0 Å². The summed E-state index contributed by atoms with van der Waals surface area (Å²) in [5.41, 5.74) is 1.39. The van der Waals surface area contributed by atoms with Gasteiger partial charge in [-0.05, 0) is 19.3 Å². The van der Waals surface area contributed by atoms with Crippen LogP contribution in [0.15, 0.2) is 6.20 Å². The van der Waals surface area contributed by atoms with Crippen LogP contribution in [-0.2, 0) is 20.0 Å². The zero-order valence-corrected chi connectivity index (χ0v) is 6.95. The Balaban J connectivity index is 2.32. The Kier molecular flexibility index (Phi) is 1.64. The van der Waals surface area contributed by atoms with E-state index in [4.69, 9.17) is 0 Å². The molecule has 0 aliphatic carbocycles. The van der Waals surface area contributed by atoms with Gasteiger partial charge in [0.15, 0.2) is 11.9 Å². The molecule has 0 aromatic carbocycles. The van der Waals surface area contributed by atoms with Gasteiger partial charge in [-0.25, -0.2) is 0 Å². The van der Waals surface area contributed by atoms with Gasteiger partial charge in [-0.15, -0.1) is 9.36 Å². The SMILES string of the molecule is Cn1cc2[n+](n1)CCCCC2. The lowest BCUT2D eigenvalue weighted by Crippen LogP contribution is -2.39. The van der Waals surface area contributed by atoms with E-state index in [1.807, 2.05) is 11.7 Å². The van der Waals surface area contributed by atoms with Gasteiger partial charge in [0.05, 0.1) is 5.21 Å². The monoisotopic (exact) mass is 152 g/mol. The maximum Gasteiger partial charge on any atom is 0.167 e. The first-order valence-corrected chi connectivity index (χ1v) is 4.29. The van der Waals surface area contributed by atoms with Crippen molar-refractivity contribution in [2.45, 2.75) is 32.2 Å². The highest BCUT2D eigenvalue weighted by molar-refractivity contribution is 4.85. The van der Waals surface area contributed by atoms with E-state index in [-0.39, 0.29) is 0 Å². The van der Waals surface area contributed by atoms with Gasteiger partial charge in [-0.2, -0.15) is 0 Å². The number of hydrogen-bond acceptors (Lipinski definition) is 1. The molecule has 0 saturated carbocycles. The Hall–Kier alpha value is -0.860. The smallest absolute Gasteiger partial charge is 0.140 e. The molecule has 1 aliphatic heterocycles. The summed E-state index contributed by atoms with van der Waals surface area (Å²) in [6.45, 7) is 1.11. The van der Waals surface area contributed by atoms with Crippen molar-refractivity contribution in [1.29, 1.82) is 0 Å². The maximum absolute atomic E-state index is 4.34. The summed E-state index contributed by atoms with van der Waals surface area (Å²) < 4.78 is 4.04. The molecule has 11 heavy (non-hydrogen) atoms. The summed E-state index contributed by atoms with van der Waals surface area (Å²) in [4.78, 5) is 0. The van der Waals surface area contributed by atoms with Crippen LogP contribution in [-0.4, -0.2) is 9.90 Å². The van der Waals surface area contributed by atoms with Crippen molar-refractivity contribution in [2.24, 2.45) is 7.05 Å². The predicted octanol–water partition coefficient (Wildman–Crippen LogP) is 0.434. The fraction of sp³-hybridized carbons (Fsp3) is 0.750. The largest absolute Gasteiger partial charge is 0.167 e. The third kappa shape index (κ3) is 1.27. The van der Waals surface area contributed by atoms with Crippen LogP contribution in [0.4, 0.5) is 0 Å². The molecule has 3 heteroatoms. The lowest BCUT2D eigenvalue weighted by Gasteiger charge is -1.88. The molecular formula is C8H14N3+. The van der Waals surface area contributed by atoms with Crippen molar-refractivity contribution in [3.8, 4) is 0 Å². The van der Waals surface area contributed by atoms with E-state index in [1.165, 1.54) is 31.4 Å². The molecule has 0 radical (unpaired) electrons. The number of fused-ring (bicyclic) bond motifs is 1. The quantitative estimate of drug-likeness (QED) is 0.494. The summed E-state index contributed by atoms with van der Waals surface area (Å²) in [6, 6.07) is 0. The number of nitrogens with zero attached hydrogens (tertiary/aromatic N) is 3. The molecule has 0 N–H and O–H groups in total. The van der Waals surface area contributed by atoms with Gasteiger partial charge in [0.25, 0.3) is 0 Å². The van der Waals surface area contributed by atoms with E-state index in [1.54, 1.807) is 0 Å². The van der Waals surface area contributed by atoms with Crippen molar-refractivity contribution in [1.82, 2.24) is 9.90 Å². The van der Waals surface area contributed by atoms with Gasteiger partial charge in [0, 0.05) is 6.42 Å². The number of aromatic nitrogens is 3. The third-order valence-electron chi connectivity index (χ3n) is 2.22. The average molecular weight is 152 g/mol. The molecule has 2 rings (SSSR count). The van der Waals surface area contributed by atoms with Gasteiger partial charge >= 0.3 is 0 Å². The van der Waals surface area contributed by atoms with Gasteiger partial charge in [-0.1, -0.05) is 0 Å². The van der Waals surface area contributed by atoms with Gasteiger partial charge in [0.2, 0.25) is 0 Å². The molecule has 0 spiro atoms. The van der Waals surface area contributed by atoms with E-state index >= 15 is 0 Å². The average Bonchev–Trinajstić information content (AvgIpc) is 2.17. The highest BCUT2D eigenvalue weighted by atomic mass is 15.5. The van der Waals surface area contributed by atoms with Crippen LogP contribution >= 0.6 is 0 Å². The zero-order valence-electron chi connectivity index (χ0n) is 6.95. The van der Waals surface area contributed by atoms with Gasteiger partial charge in [-0.3, -0.25) is 0 Å². The summed E-state index contributed by atoms with van der Waals surface area (Å²) in [7, 11) is 1.99. The van der Waals surface area contributed by atoms with Crippen LogP contribution in [0.1, 0.15) is 25.0 Å². The molecule has 1 aromatic heterocycles. The lowest BCUT2D eigenvalue weighted by atomic mass is 10.2. The van der Waals surface area contributed by atoms with E-state index < -0.39 is 0 Å². The van der Waals surface area contributed by atoms with Crippen LogP contribution < -0.4 is 4.68 Å². The molecule has 1 aliphatic rings. The second-order valence-electron chi connectivity index (χ2n) is 3.22. The van der Waals surface area contributed by atoms with E-state index in [0.717, 1.165) is 6.54 Å². The number of aryl methyl sites for hydroxylation is 3. The first kappa shape index (κ1) is 6.83. The first-order chi connectivity index (χ1) is 5.36. The molecule has 3 nitrogen and oxygen atoms in total. The zero-order chi connectivity index (χ0) is 7.68. The molecule has 60 valence electrons. The van der Waals surface area contributed by atoms with E-state index in [0.29, 0.717) is 0 Å². The van der Waals surface area contributed by atoms with Crippen LogP contribution in [0.5, 0.6) is 0 Å². The molecule has 1 aromatic rings. The highest BCUT2D eigenvalue weighted by Gasteiger charge is 2.15. The Morgan fingerprint density at radius 3 is 3.27 bits per heavy atom. The lowest BCUT2D eigenvalue weighted by molar-refractivity contribution is -0.760. The fourth-order valence-corrected chi connectivity index (χ4v) is 1.66. The molecule has 2 heterocycles. The minimum atomic E-state index is 1.11. The Morgan fingerprint density at radius 1 is 1.45 bits per heavy atom. The Morgan fingerprint density at radius 2 is 2.36 bits per heavy atom. The third-order valence-corrected chi connectivity index (χ3v) is 2.22. The van der Waals surface area contributed by atoms with Crippen molar-refractivity contribution >= 4 is 0 Å². The molecule has 0 atom stereocenters. The molecule has 0 amide bonds. The van der Waals surface area contributed by atoms with Gasteiger partial charge < -0.3 is 0 Å². The van der Waals surface area contributed by atoms with E-state index in [9.17, 15) is 0 Å². The molecule has 0 saturated heterocycles. The second-order valence-corrected chi connectivity index (χ2v) is 3.22. The predicted molar refractivity (Wildman–Crippen MR) is 41.0 cm³/mol. The first-order valence-electron chi connectivity index (χ1n) is 4.29. The van der Waals surface area contributed by atoms with Crippen LogP contribution in [0.25, 0.3) is 0 Å². The topological polar surface area (TPSA) is 21.7 Å².